The zero-order valence-corrected chi connectivity index (χ0v) is 7.96. The van der Waals surface area contributed by atoms with Gasteiger partial charge in [0.1, 0.15) is 6.61 Å². The van der Waals surface area contributed by atoms with Crippen molar-refractivity contribution < 1.29 is 19.1 Å². The fraction of sp³-hybridized carbons (Fsp3) is 0.750. The van der Waals surface area contributed by atoms with E-state index in [1.807, 2.05) is 0 Å². The Morgan fingerprint density at radius 3 is 3.00 bits per heavy atom. The summed E-state index contributed by atoms with van der Waals surface area (Å²) < 4.78 is 11.2. The zero-order chi connectivity index (χ0) is 10.6. The normalized spacial score (nSPS) is 21.4. The molecule has 0 aliphatic carbocycles. The average Bonchev–Trinajstić information content (AvgIpc) is 2.47. The van der Waals surface area contributed by atoms with E-state index in [0.29, 0.717) is 6.54 Å². The summed E-state index contributed by atoms with van der Waals surface area (Å²) >= 11 is 0. The second kappa shape index (κ2) is 4.90. The number of hydrogen-bond acceptors (Lipinski definition) is 3. The van der Waals surface area contributed by atoms with Gasteiger partial charge in [0.05, 0.1) is 5.92 Å². The molecule has 0 spiro atoms. The van der Waals surface area contributed by atoms with Crippen LogP contribution in [0.3, 0.4) is 0 Å². The van der Waals surface area contributed by atoms with Crippen LogP contribution in [0.15, 0.2) is 0 Å². The number of nitrogens with one attached hydrogen (secondary N) is 1. The molecular weight excluding hydrogens is 191 g/mol. The van der Waals surface area contributed by atoms with E-state index in [2.05, 4.69) is 10.3 Å². The average molecular weight is 204 g/mol. The number of rotatable bonds is 4. The van der Waals surface area contributed by atoms with Crippen LogP contribution in [0.1, 0.15) is 6.42 Å². The Morgan fingerprint density at radius 2 is 2.50 bits per heavy atom. The Labute approximate surface area is 81.1 Å². The van der Waals surface area contributed by atoms with Crippen molar-refractivity contribution in [2.24, 2.45) is 5.92 Å². The first kappa shape index (κ1) is 10.9. The molecule has 0 bridgehead atoms. The highest BCUT2D eigenvalue weighted by Gasteiger charge is 2.31. The fourth-order valence-corrected chi connectivity index (χ4v) is 1.40. The van der Waals surface area contributed by atoms with Crippen molar-refractivity contribution in [2.75, 3.05) is 26.7 Å². The molecule has 0 radical (unpaired) electrons. The minimum atomic E-state index is -0.313. The lowest BCUT2D eigenvalue weighted by atomic mass is 10.1. The molecular formula is C8H13FN2O3. The second-order valence-corrected chi connectivity index (χ2v) is 3.28. The maximum Gasteiger partial charge on any atom is 0.225 e. The lowest BCUT2D eigenvalue weighted by molar-refractivity contribution is -0.136. The number of carbonyl (C=O) groups is 2. The summed E-state index contributed by atoms with van der Waals surface area (Å²) in [6.07, 6.45) is 0.235. The van der Waals surface area contributed by atoms with E-state index >= 15 is 0 Å². The van der Waals surface area contributed by atoms with Crippen LogP contribution in [-0.4, -0.2) is 43.5 Å². The predicted molar refractivity (Wildman–Crippen MR) is 45.8 cm³/mol. The highest BCUT2D eigenvalue weighted by Crippen LogP contribution is 2.15. The van der Waals surface area contributed by atoms with E-state index < -0.39 is 0 Å². The number of hydrogen-bond donors (Lipinski definition) is 1. The molecule has 0 saturated carbocycles. The number of nitrogens with zero attached hydrogens (tertiary/aromatic N) is 1. The van der Waals surface area contributed by atoms with Crippen molar-refractivity contribution in [3.63, 3.8) is 0 Å². The van der Waals surface area contributed by atoms with Gasteiger partial charge in [-0.25, -0.2) is 0 Å². The third kappa shape index (κ3) is 2.66. The van der Waals surface area contributed by atoms with Crippen molar-refractivity contribution >= 4 is 11.8 Å². The Bertz CT molecular complexity index is 235. The summed E-state index contributed by atoms with van der Waals surface area (Å²) in [6, 6.07) is 0. The smallest absolute Gasteiger partial charge is 0.225 e. The summed E-state index contributed by atoms with van der Waals surface area (Å²) in [6.45, 7) is 0.396. The van der Waals surface area contributed by atoms with Crippen LogP contribution in [0.5, 0.6) is 0 Å². The van der Waals surface area contributed by atoms with E-state index in [4.69, 9.17) is 0 Å². The van der Waals surface area contributed by atoms with E-state index in [1.165, 1.54) is 4.90 Å². The molecule has 1 aliphatic rings. The number of amides is 2. The maximum absolute atomic E-state index is 11.3. The molecule has 1 unspecified atom stereocenters. The number of halogens is 1. The van der Waals surface area contributed by atoms with Crippen LogP contribution in [0.2, 0.25) is 0 Å². The highest BCUT2D eigenvalue weighted by atomic mass is 19.3. The molecule has 1 aliphatic heterocycles. The van der Waals surface area contributed by atoms with Gasteiger partial charge in [-0.15, -0.1) is 0 Å². The lowest BCUT2D eigenvalue weighted by Gasteiger charge is -2.09. The summed E-state index contributed by atoms with van der Waals surface area (Å²) in [5.74, 6) is -0.571. The molecule has 5 nitrogen and oxygen atoms in total. The van der Waals surface area contributed by atoms with Crippen LogP contribution >= 0.6 is 0 Å². The van der Waals surface area contributed by atoms with Gasteiger partial charge in [0.15, 0.2) is 0 Å². The van der Waals surface area contributed by atoms with Gasteiger partial charge in [-0.2, -0.15) is 4.94 Å². The predicted octanol–water partition coefficient (Wildman–Crippen LogP) is -0.518. The van der Waals surface area contributed by atoms with Crippen molar-refractivity contribution in [3.8, 4) is 0 Å². The van der Waals surface area contributed by atoms with Gasteiger partial charge in [0.25, 0.3) is 0 Å². The Kier molecular flexibility index (Phi) is 3.82. The largest absolute Gasteiger partial charge is 0.353 e. The molecule has 0 aromatic carbocycles. The molecule has 1 N–H and O–H groups in total. The third-order valence-electron chi connectivity index (χ3n) is 2.19. The number of likely N-dealkylation sites (tertiary alicyclic amines) is 1. The first-order chi connectivity index (χ1) is 6.65. The van der Waals surface area contributed by atoms with Crippen molar-refractivity contribution in [1.29, 1.82) is 0 Å². The van der Waals surface area contributed by atoms with Gasteiger partial charge in [0.2, 0.25) is 11.8 Å². The van der Waals surface area contributed by atoms with E-state index in [0.717, 1.165) is 0 Å². The molecule has 1 atom stereocenters. The quantitative estimate of drug-likeness (QED) is 0.627. The van der Waals surface area contributed by atoms with Gasteiger partial charge < -0.3 is 10.2 Å². The summed E-state index contributed by atoms with van der Waals surface area (Å²) in [4.78, 5) is 27.2. The SMILES string of the molecule is CN1CC(C(=O)NCCOF)CC1=O. The number of carbonyl (C=O) groups excluding carboxylic acids is 2. The molecule has 2 amide bonds. The van der Waals surface area contributed by atoms with Crippen molar-refractivity contribution in [1.82, 2.24) is 10.2 Å². The maximum atomic E-state index is 11.3. The molecule has 1 heterocycles. The molecule has 1 rings (SSSR count). The molecule has 6 heteroatoms. The van der Waals surface area contributed by atoms with Gasteiger partial charge >= 0.3 is 0 Å². The molecule has 14 heavy (non-hydrogen) atoms. The van der Waals surface area contributed by atoms with E-state index in [9.17, 15) is 14.1 Å². The molecule has 1 fully saturated rings. The van der Waals surface area contributed by atoms with Crippen LogP contribution in [0, 0.1) is 5.92 Å². The zero-order valence-electron chi connectivity index (χ0n) is 7.96. The van der Waals surface area contributed by atoms with E-state index in [-0.39, 0.29) is 37.3 Å². The molecule has 0 aromatic rings. The van der Waals surface area contributed by atoms with E-state index in [1.54, 1.807) is 7.05 Å². The van der Waals surface area contributed by atoms with Crippen molar-refractivity contribution in [2.45, 2.75) is 6.42 Å². The Balaban J connectivity index is 2.28. The summed E-state index contributed by atoms with van der Waals surface area (Å²) in [5.41, 5.74) is 0. The topological polar surface area (TPSA) is 58.6 Å². The Hall–Kier alpha value is -1.17. The van der Waals surface area contributed by atoms with Crippen LogP contribution in [0.25, 0.3) is 0 Å². The first-order valence-corrected chi connectivity index (χ1v) is 4.40. The summed E-state index contributed by atoms with van der Waals surface area (Å²) in [7, 11) is 1.65. The van der Waals surface area contributed by atoms with Gasteiger partial charge in [0, 0.05) is 26.6 Å². The lowest BCUT2D eigenvalue weighted by Crippen LogP contribution is -2.34. The minimum Gasteiger partial charge on any atom is -0.353 e. The van der Waals surface area contributed by atoms with Crippen LogP contribution < -0.4 is 5.32 Å². The molecule has 1 saturated heterocycles. The van der Waals surface area contributed by atoms with Gasteiger partial charge in [-0.05, 0) is 4.53 Å². The van der Waals surface area contributed by atoms with Crippen molar-refractivity contribution in [3.05, 3.63) is 0 Å². The minimum absolute atomic E-state index is 0.0353. The fourth-order valence-electron chi connectivity index (χ4n) is 1.40. The van der Waals surface area contributed by atoms with Crippen LogP contribution in [0.4, 0.5) is 4.53 Å². The molecule has 80 valence electrons. The molecule has 0 aromatic heterocycles. The monoisotopic (exact) mass is 204 g/mol. The standard InChI is InChI=1S/C8H13FN2O3/c1-11-5-6(4-7(11)12)8(13)10-2-3-14-9/h6H,2-5H2,1H3,(H,10,13). The van der Waals surface area contributed by atoms with Gasteiger partial charge in [-0.3, -0.25) is 9.59 Å². The second-order valence-electron chi connectivity index (χ2n) is 3.28. The summed E-state index contributed by atoms with van der Waals surface area (Å²) in [5, 5.41) is 2.48. The highest BCUT2D eigenvalue weighted by molar-refractivity contribution is 5.89. The third-order valence-corrected chi connectivity index (χ3v) is 2.19. The first-order valence-electron chi connectivity index (χ1n) is 4.40. The van der Waals surface area contributed by atoms with Crippen LogP contribution in [-0.2, 0) is 14.5 Å². The van der Waals surface area contributed by atoms with Gasteiger partial charge in [-0.1, -0.05) is 0 Å². The Morgan fingerprint density at radius 1 is 1.79 bits per heavy atom.